The number of nitrogens with one attached hydrogen (secondary N) is 1. The van der Waals surface area contributed by atoms with Crippen molar-refractivity contribution in [2.24, 2.45) is 16.5 Å². The van der Waals surface area contributed by atoms with E-state index in [2.05, 4.69) is 20.3 Å². The van der Waals surface area contributed by atoms with Crippen LogP contribution in [0.25, 0.3) is 5.57 Å². The molecular formula is C18H27N7O. The zero-order valence-electron chi connectivity index (χ0n) is 15.7. The Morgan fingerprint density at radius 2 is 2.08 bits per heavy atom. The Hall–Kier alpha value is -3.16. The van der Waals surface area contributed by atoms with Crippen molar-refractivity contribution in [2.75, 3.05) is 5.73 Å². The van der Waals surface area contributed by atoms with E-state index in [0.29, 0.717) is 29.2 Å². The van der Waals surface area contributed by atoms with Gasteiger partial charge < -0.3 is 22.5 Å². The maximum absolute atomic E-state index is 11.8. The monoisotopic (exact) mass is 357 g/mol. The van der Waals surface area contributed by atoms with Crippen LogP contribution in [0.5, 0.6) is 0 Å². The van der Waals surface area contributed by atoms with Crippen LogP contribution in [0.1, 0.15) is 39.8 Å². The fourth-order valence-corrected chi connectivity index (χ4v) is 2.20. The van der Waals surface area contributed by atoms with Crippen molar-refractivity contribution in [3.05, 3.63) is 47.8 Å². The topological polar surface area (TPSA) is 145 Å². The summed E-state index contributed by atoms with van der Waals surface area (Å²) in [5, 5.41) is 3.01. The summed E-state index contributed by atoms with van der Waals surface area (Å²) in [4.78, 5) is 24.1. The molecule has 26 heavy (non-hydrogen) atoms. The number of carbonyl (C=O) groups excluding carboxylic acids is 1. The number of anilines is 1. The van der Waals surface area contributed by atoms with Crippen molar-refractivity contribution in [1.29, 1.82) is 0 Å². The predicted molar refractivity (Wildman–Crippen MR) is 106 cm³/mol. The van der Waals surface area contributed by atoms with Crippen LogP contribution in [-0.2, 0) is 4.79 Å². The molecule has 0 aliphatic carbocycles. The number of aromatic nitrogens is 2. The fraction of sp³-hybridized carbons (Fsp3) is 0.333. The smallest absolute Gasteiger partial charge is 0.158 e. The maximum atomic E-state index is 11.8. The molecule has 1 atom stereocenters. The van der Waals surface area contributed by atoms with Crippen molar-refractivity contribution in [1.82, 2.24) is 15.3 Å². The van der Waals surface area contributed by atoms with Gasteiger partial charge in [0.1, 0.15) is 24.0 Å². The molecule has 0 bridgehead atoms. The Balaban J connectivity index is 0.00000163. The minimum absolute atomic E-state index is 0.112. The highest BCUT2D eigenvalue weighted by molar-refractivity contribution is 6.21. The summed E-state index contributed by atoms with van der Waals surface area (Å²) in [6.45, 7) is 7.70. The second-order valence-electron chi connectivity index (χ2n) is 5.25. The minimum atomic E-state index is -0.332. The van der Waals surface area contributed by atoms with E-state index in [4.69, 9.17) is 17.2 Å². The van der Waals surface area contributed by atoms with Gasteiger partial charge in [-0.15, -0.1) is 0 Å². The normalized spacial score (nSPS) is 17.3. The number of nitrogens with two attached hydrogens (primary N) is 3. The van der Waals surface area contributed by atoms with E-state index in [1.54, 1.807) is 12.3 Å². The van der Waals surface area contributed by atoms with Gasteiger partial charge in [-0.2, -0.15) is 0 Å². The van der Waals surface area contributed by atoms with E-state index < -0.39 is 0 Å². The first kappa shape index (κ1) is 20.9. The highest BCUT2D eigenvalue weighted by Crippen LogP contribution is 2.19. The first-order valence-electron chi connectivity index (χ1n) is 8.48. The quantitative estimate of drug-likeness (QED) is 0.461. The van der Waals surface area contributed by atoms with Crippen LogP contribution in [0.3, 0.4) is 0 Å². The number of Topliss-reactive ketones (excluding diaryl/α,β-unsaturated/α-hetero) is 1. The number of allylic oxidation sites excluding steroid dienone is 1. The predicted octanol–water partition coefficient (Wildman–Crippen LogP) is 1.48. The molecule has 2 heterocycles. The summed E-state index contributed by atoms with van der Waals surface area (Å²) in [6.07, 6.45) is 6.61. The summed E-state index contributed by atoms with van der Waals surface area (Å²) in [7, 11) is 0. The molecule has 1 unspecified atom stereocenters. The molecule has 0 saturated carbocycles. The number of ketones is 1. The van der Waals surface area contributed by atoms with Gasteiger partial charge in [-0.05, 0) is 18.6 Å². The molecule has 140 valence electrons. The largest absolute Gasteiger partial charge is 0.404 e. The lowest BCUT2D eigenvalue weighted by Gasteiger charge is -2.19. The highest BCUT2D eigenvalue weighted by atomic mass is 16.1. The molecule has 1 aromatic heterocycles. The lowest BCUT2D eigenvalue weighted by atomic mass is 10.0. The van der Waals surface area contributed by atoms with Crippen LogP contribution < -0.4 is 22.5 Å². The Bertz CT molecular complexity index is 763. The number of carbonyl (C=O) groups is 1. The third kappa shape index (κ3) is 5.17. The van der Waals surface area contributed by atoms with Gasteiger partial charge in [0.05, 0.1) is 17.0 Å². The molecule has 0 fully saturated rings. The van der Waals surface area contributed by atoms with Gasteiger partial charge >= 0.3 is 0 Å². The van der Waals surface area contributed by atoms with E-state index in [0.717, 1.165) is 5.57 Å². The number of nitrogens with zero attached hydrogens (tertiary/aromatic N) is 3. The summed E-state index contributed by atoms with van der Waals surface area (Å²) >= 11 is 0. The number of nitrogen functional groups attached to an aromatic ring is 1. The van der Waals surface area contributed by atoms with Crippen LogP contribution in [0.2, 0.25) is 0 Å². The van der Waals surface area contributed by atoms with Crippen molar-refractivity contribution >= 4 is 23.0 Å². The second-order valence-corrected chi connectivity index (χ2v) is 5.25. The van der Waals surface area contributed by atoms with E-state index >= 15 is 0 Å². The Kier molecular flexibility index (Phi) is 8.01. The average Bonchev–Trinajstić information content (AvgIpc) is 2.65. The number of hydrogen-bond donors (Lipinski definition) is 4. The van der Waals surface area contributed by atoms with Gasteiger partial charge in [0, 0.05) is 24.9 Å². The van der Waals surface area contributed by atoms with Crippen LogP contribution in [0.4, 0.5) is 5.82 Å². The lowest BCUT2D eigenvalue weighted by molar-refractivity contribution is -0.119. The first-order chi connectivity index (χ1) is 12.5. The summed E-state index contributed by atoms with van der Waals surface area (Å²) < 4.78 is 0. The van der Waals surface area contributed by atoms with Crippen molar-refractivity contribution in [3.8, 4) is 0 Å². The van der Waals surface area contributed by atoms with Crippen molar-refractivity contribution < 1.29 is 4.79 Å². The van der Waals surface area contributed by atoms with Gasteiger partial charge in [0.2, 0.25) is 0 Å². The SMILES string of the molecule is CC.CCC(=O)C1C=C(C)C(N=C(N)/C(=C\N)c2cc(N)ncn2)=CN1. The van der Waals surface area contributed by atoms with E-state index in [9.17, 15) is 4.79 Å². The number of dihydropyridines is 1. The van der Waals surface area contributed by atoms with E-state index in [-0.39, 0.29) is 17.7 Å². The van der Waals surface area contributed by atoms with Gasteiger partial charge in [0.25, 0.3) is 0 Å². The molecule has 7 N–H and O–H groups in total. The number of aliphatic imine (C=N–C) groups is 1. The molecule has 0 aromatic carbocycles. The zero-order valence-corrected chi connectivity index (χ0v) is 15.7. The number of hydrogen-bond acceptors (Lipinski definition) is 7. The lowest BCUT2D eigenvalue weighted by Crippen LogP contribution is -2.33. The van der Waals surface area contributed by atoms with Gasteiger partial charge in [-0.25, -0.2) is 15.0 Å². The van der Waals surface area contributed by atoms with Crippen LogP contribution in [0, 0.1) is 0 Å². The molecule has 8 heteroatoms. The number of amidine groups is 1. The second kappa shape index (κ2) is 9.97. The van der Waals surface area contributed by atoms with Crippen LogP contribution >= 0.6 is 0 Å². The summed E-state index contributed by atoms with van der Waals surface area (Å²) in [5.41, 5.74) is 19.8. The van der Waals surface area contributed by atoms with Gasteiger partial charge in [-0.3, -0.25) is 4.79 Å². The Morgan fingerprint density at radius 3 is 2.62 bits per heavy atom. The van der Waals surface area contributed by atoms with E-state index in [1.807, 2.05) is 33.8 Å². The van der Waals surface area contributed by atoms with E-state index in [1.165, 1.54) is 12.5 Å². The molecule has 0 radical (unpaired) electrons. The number of rotatable bonds is 5. The standard InChI is InChI=1S/C16H21N7O.C2H6/c1-3-14(24)12-4-9(2)13(7-20-12)23-16(19)10(6-17)11-5-15(18)22-8-21-11;1-2/h4-8,12,20H,3,17H2,1-2H3,(H2,19,23)(H2,18,21,22);1-2H3/b10-6-;. The molecule has 0 saturated heterocycles. The Labute approximate surface area is 154 Å². The average molecular weight is 357 g/mol. The fourth-order valence-electron chi connectivity index (χ4n) is 2.20. The van der Waals surface area contributed by atoms with Gasteiger partial charge in [-0.1, -0.05) is 20.8 Å². The molecule has 2 rings (SSSR count). The third-order valence-electron chi connectivity index (χ3n) is 3.56. The minimum Gasteiger partial charge on any atom is -0.404 e. The third-order valence-corrected chi connectivity index (χ3v) is 3.56. The van der Waals surface area contributed by atoms with Crippen molar-refractivity contribution in [2.45, 2.75) is 40.2 Å². The molecule has 1 aliphatic heterocycles. The molecule has 0 amide bonds. The van der Waals surface area contributed by atoms with Gasteiger partial charge in [0.15, 0.2) is 5.78 Å². The molecule has 1 aromatic rings. The van der Waals surface area contributed by atoms with Crippen LogP contribution in [-0.4, -0.2) is 27.6 Å². The molecule has 8 nitrogen and oxygen atoms in total. The zero-order chi connectivity index (χ0) is 19.7. The molecule has 1 aliphatic rings. The first-order valence-corrected chi connectivity index (χ1v) is 8.48. The maximum Gasteiger partial charge on any atom is 0.158 e. The highest BCUT2D eigenvalue weighted by Gasteiger charge is 2.18. The summed E-state index contributed by atoms with van der Waals surface area (Å²) in [6, 6.07) is 1.23. The molecule has 0 spiro atoms. The van der Waals surface area contributed by atoms with Crippen LogP contribution in [0.15, 0.2) is 47.1 Å². The molecular weight excluding hydrogens is 330 g/mol. The summed E-state index contributed by atoms with van der Waals surface area (Å²) in [5.74, 6) is 0.611. The van der Waals surface area contributed by atoms with Crippen molar-refractivity contribution in [3.63, 3.8) is 0 Å². The Morgan fingerprint density at radius 1 is 1.38 bits per heavy atom.